The van der Waals surface area contributed by atoms with Gasteiger partial charge in [0.2, 0.25) is 5.91 Å². The zero-order valence-corrected chi connectivity index (χ0v) is 20.5. The average molecular weight is 550 g/mol. The highest BCUT2D eigenvalue weighted by atomic mass is 79.9. The van der Waals surface area contributed by atoms with Gasteiger partial charge < -0.3 is 4.42 Å². The summed E-state index contributed by atoms with van der Waals surface area (Å²) in [5, 5.41) is 2.14. The first-order valence-corrected chi connectivity index (χ1v) is 12.2. The first-order chi connectivity index (χ1) is 17.0. The number of nitrogens with zero attached hydrogens (tertiary/aromatic N) is 2. The van der Waals surface area contributed by atoms with Crippen LogP contribution < -0.4 is 9.96 Å². The van der Waals surface area contributed by atoms with Crippen molar-refractivity contribution in [3.8, 4) is 11.3 Å². The van der Waals surface area contributed by atoms with Crippen molar-refractivity contribution in [2.75, 3.05) is 9.96 Å². The predicted molar refractivity (Wildman–Crippen MR) is 136 cm³/mol. The second-order valence-electron chi connectivity index (χ2n) is 8.36. The third-order valence-electron chi connectivity index (χ3n) is 6.26. The van der Waals surface area contributed by atoms with Gasteiger partial charge in [-0.25, -0.2) is 9.96 Å². The molecule has 174 valence electrons. The van der Waals surface area contributed by atoms with Crippen molar-refractivity contribution in [3.63, 3.8) is 0 Å². The summed E-state index contributed by atoms with van der Waals surface area (Å²) in [5.74, 6) is -0.325. The van der Waals surface area contributed by atoms with Crippen molar-refractivity contribution in [2.24, 2.45) is 5.92 Å². The molecule has 2 amide bonds. The zero-order valence-electron chi connectivity index (χ0n) is 18.2. The van der Waals surface area contributed by atoms with Gasteiger partial charge in [0.05, 0.1) is 11.4 Å². The quantitative estimate of drug-likeness (QED) is 0.275. The predicted octanol–water partition coefficient (Wildman–Crippen LogP) is 6.41. The van der Waals surface area contributed by atoms with Gasteiger partial charge >= 0.3 is 0 Å². The molecule has 0 radical (unpaired) electrons. The van der Waals surface area contributed by atoms with Crippen molar-refractivity contribution in [3.05, 3.63) is 106 Å². The molecular weight excluding hydrogens is 532 g/mol. The fourth-order valence-corrected chi connectivity index (χ4v) is 5.02. The molecule has 3 heterocycles. The van der Waals surface area contributed by atoms with Crippen molar-refractivity contribution >= 4 is 50.7 Å². The number of hydrogen-bond donors (Lipinski definition) is 0. The van der Waals surface area contributed by atoms with E-state index in [-0.39, 0.29) is 5.91 Å². The first-order valence-electron chi connectivity index (χ1n) is 11.0. The van der Waals surface area contributed by atoms with Gasteiger partial charge in [-0.3, -0.25) is 14.4 Å². The monoisotopic (exact) mass is 548 g/mol. The van der Waals surface area contributed by atoms with Crippen LogP contribution in [0.5, 0.6) is 0 Å². The van der Waals surface area contributed by atoms with Crippen LogP contribution in [0.4, 0.5) is 11.4 Å². The Bertz CT molecular complexity index is 1410. The van der Waals surface area contributed by atoms with E-state index in [2.05, 4.69) is 15.9 Å². The van der Waals surface area contributed by atoms with Gasteiger partial charge in [-0.2, -0.15) is 0 Å². The van der Waals surface area contributed by atoms with Gasteiger partial charge in [0, 0.05) is 15.1 Å². The minimum Gasteiger partial charge on any atom is -0.459 e. The SMILES string of the molecule is O=C1[C@H]2[C@@H](c3ccc(-c4ccc(Br)cc4)o3)N(c3ccccc3)O[C@H]2C(=O)N1c1ccc(Cl)cc1. The smallest absolute Gasteiger partial charge is 0.266 e. The largest absolute Gasteiger partial charge is 0.459 e. The summed E-state index contributed by atoms with van der Waals surface area (Å²) < 4.78 is 7.22. The molecule has 6 rings (SSSR count). The lowest BCUT2D eigenvalue weighted by Crippen LogP contribution is -2.37. The van der Waals surface area contributed by atoms with E-state index in [9.17, 15) is 9.59 Å². The Morgan fingerprint density at radius 2 is 1.49 bits per heavy atom. The number of hydrogen-bond acceptors (Lipinski definition) is 5. The van der Waals surface area contributed by atoms with Crippen molar-refractivity contribution in [2.45, 2.75) is 12.1 Å². The highest BCUT2D eigenvalue weighted by molar-refractivity contribution is 9.10. The van der Waals surface area contributed by atoms with Gasteiger partial charge in [0.25, 0.3) is 5.91 Å². The van der Waals surface area contributed by atoms with Crippen molar-refractivity contribution in [1.29, 1.82) is 0 Å². The van der Waals surface area contributed by atoms with Gasteiger partial charge in [0.15, 0.2) is 6.10 Å². The summed E-state index contributed by atoms with van der Waals surface area (Å²) in [6.07, 6.45) is -0.968. The fraction of sp³-hybridized carbons (Fsp3) is 0.111. The number of carbonyl (C=O) groups excluding carboxylic acids is 2. The highest BCUT2D eigenvalue weighted by Gasteiger charge is 2.61. The Hall–Kier alpha value is -3.39. The molecule has 0 spiro atoms. The molecule has 0 aliphatic carbocycles. The van der Waals surface area contributed by atoms with Crippen LogP contribution >= 0.6 is 27.5 Å². The van der Waals surface area contributed by atoms with Gasteiger partial charge in [-0.15, -0.1) is 0 Å². The summed E-state index contributed by atoms with van der Waals surface area (Å²) in [4.78, 5) is 34.4. The van der Waals surface area contributed by atoms with E-state index in [0.29, 0.717) is 22.2 Å². The van der Waals surface area contributed by atoms with Crippen LogP contribution in [-0.2, 0) is 14.4 Å². The Morgan fingerprint density at radius 3 is 2.20 bits per heavy atom. The molecule has 2 saturated heterocycles. The summed E-state index contributed by atoms with van der Waals surface area (Å²) in [7, 11) is 0. The molecule has 0 N–H and O–H groups in total. The van der Waals surface area contributed by atoms with E-state index >= 15 is 0 Å². The molecule has 1 aromatic heterocycles. The molecule has 0 bridgehead atoms. The number of rotatable bonds is 4. The van der Waals surface area contributed by atoms with Crippen molar-refractivity contribution in [1.82, 2.24) is 0 Å². The molecule has 2 aliphatic rings. The molecule has 0 saturated carbocycles. The molecule has 3 aromatic carbocycles. The molecule has 8 heteroatoms. The number of hydroxylamine groups is 1. The topological polar surface area (TPSA) is 63.0 Å². The minimum atomic E-state index is -0.968. The first kappa shape index (κ1) is 22.1. The molecule has 6 nitrogen and oxygen atoms in total. The van der Waals surface area contributed by atoms with Crippen LogP contribution in [0, 0.1) is 5.92 Å². The van der Waals surface area contributed by atoms with E-state index in [0.717, 1.165) is 15.7 Å². The lowest BCUT2D eigenvalue weighted by atomic mass is 9.94. The maximum Gasteiger partial charge on any atom is 0.266 e. The third-order valence-corrected chi connectivity index (χ3v) is 7.04. The fourth-order valence-electron chi connectivity index (χ4n) is 4.63. The Labute approximate surface area is 214 Å². The molecular formula is C27H18BrClN2O4. The molecule has 2 fully saturated rings. The summed E-state index contributed by atoms with van der Waals surface area (Å²) >= 11 is 9.45. The number of amides is 2. The number of halogens is 2. The van der Waals surface area contributed by atoms with Crippen LogP contribution in [0.15, 0.2) is 99.9 Å². The molecule has 0 unspecified atom stereocenters. The van der Waals surface area contributed by atoms with Crippen LogP contribution in [0.1, 0.15) is 11.8 Å². The number of benzene rings is 3. The number of anilines is 2. The second kappa shape index (κ2) is 8.68. The van der Waals surface area contributed by atoms with Crippen LogP contribution in [0.3, 0.4) is 0 Å². The lowest BCUT2D eigenvalue weighted by Gasteiger charge is -2.27. The molecule has 35 heavy (non-hydrogen) atoms. The third kappa shape index (κ3) is 3.76. The standard InChI is InChI=1S/C27H18BrClN2O4/c28-17-8-6-16(7-9-17)21-14-15-22(34-21)24-23-25(35-31(24)20-4-2-1-3-5-20)27(33)30(26(23)32)19-12-10-18(29)11-13-19/h1-15,23-25H/t23-,24+,25+/m0/s1. The van der Waals surface area contributed by atoms with E-state index in [1.807, 2.05) is 66.7 Å². The van der Waals surface area contributed by atoms with Gasteiger partial charge in [0.1, 0.15) is 23.5 Å². The maximum atomic E-state index is 13.7. The zero-order chi connectivity index (χ0) is 24.1. The Morgan fingerprint density at radius 1 is 0.771 bits per heavy atom. The minimum absolute atomic E-state index is 0.340. The molecule has 4 aromatic rings. The number of carbonyl (C=O) groups is 2. The van der Waals surface area contributed by atoms with Crippen molar-refractivity contribution < 1.29 is 18.8 Å². The number of fused-ring (bicyclic) bond motifs is 1. The lowest BCUT2D eigenvalue weighted by molar-refractivity contribution is -0.126. The second-order valence-corrected chi connectivity index (χ2v) is 9.71. The summed E-state index contributed by atoms with van der Waals surface area (Å²) in [6.45, 7) is 0. The van der Waals surface area contributed by atoms with Crippen LogP contribution in [0.2, 0.25) is 5.02 Å². The van der Waals surface area contributed by atoms with E-state index < -0.39 is 24.0 Å². The van der Waals surface area contributed by atoms with Crippen LogP contribution in [-0.4, -0.2) is 17.9 Å². The average Bonchev–Trinajstić information content (AvgIpc) is 3.56. The Balaban J connectivity index is 1.41. The number of furan rings is 1. The van der Waals surface area contributed by atoms with Crippen LogP contribution in [0.25, 0.3) is 11.3 Å². The Kier molecular flexibility index (Phi) is 5.48. The summed E-state index contributed by atoms with van der Waals surface area (Å²) in [5.41, 5.74) is 2.09. The number of para-hydroxylation sites is 1. The molecule has 3 atom stereocenters. The van der Waals surface area contributed by atoms with E-state index in [4.69, 9.17) is 20.9 Å². The molecule has 2 aliphatic heterocycles. The van der Waals surface area contributed by atoms with Gasteiger partial charge in [-0.05, 0) is 60.7 Å². The van der Waals surface area contributed by atoms with Gasteiger partial charge in [-0.1, -0.05) is 57.9 Å². The van der Waals surface area contributed by atoms with E-state index in [1.165, 1.54) is 4.90 Å². The normalized spacial score (nSPS) is 21.6. The summed E-state index contributed by atoms with van der Waals surface area (Å²) in [6, 6.07) is 26.9. The van der Waals surface area contributed by atoms with E-state index in [1.54, 1.807) is 29.3 Å². The highest BCUT2D eigenvalue weighted by Crippen LogP contribution is 2.48. The number of imide groups is 1. The maximum absolute atomic E-state index is 13.7.